The summed E-state index contributed by atoms with van der Waals surface area (Å²) in [6.45, 7) is 3.84. The van der Waals surface area contributed by atoms with Crippen LogP contribution in [0.2, 0.25) is 10.0 Å². The molecule has 0 unspecified atom stereocenters. The monoisotopic (exact) mass is 384 g/mol. The molecule has 1 aromatic carbocycles. The number of hydrogen-bond acceptors (Lipinski definition) is 2. The van der Waals surface area contributed by atoms with Crippen molar-refractivity contribution in [3.63, 3.8) is 0 Å². The lowest BCUT2D eigenvalue weighted by Crippen LogP contribution is -2.52. The maximum absolute atomic E-state index is 12.7. The Morgan fingerprint density at radius 2 is 1.72 bits per heavy atom. The van der Waals surface area contributed by atoms with Crippen LogP contribution >= 0.6 is 23.2 Å². The normalized spacial score (nSPS) is 17.0. The van der Waals surface area contributed by atoms with E-state index in [1.165, 1.54) is 18.9 Å². The van der Waals surface area contributed by atoms with Crippen molar-refractivity contribution in [3.05, 3.63) is 33.8 Å². The van der Waals surface area contributed by atoms with Crippen LogP contribution in [0.25, 0.3) is 0 Å². The molecule has 2 N–H and O–H groups in total. The van der Waals surface area contributed by atoms with Gasteiger partial charge in [-0.05, 0) is 37.0 Å². The Morgan fingerprint density at radius 1 is 1.08 bits per heavy atom. The topological polar surface area (TPSA) is 58.2 Å². The third kappa shape index (κ3) is 5.89. The third-order valence-electron chi connectivity index (χ3n) is 4.61. The second kappa shape index (κ2) is 9.44. The first kappa shape index (κ1) is 20.1. The molecular formula is C19H26Cl2N2O2. The van der Waals surface area contributed by atoms with Crippen molar-refractivity contribution < 1.29 is 9.59 Å². The van der Waals surface area contributed by atoms with Gasteiger partial charge < -0.3 is 10.6 Å². The van der Waals surface area contributed by atoms with Crippen molar-refractivity contribution in [1.29, 1.82) is 0 Å². The summed E-state index contributed by atoms with van der Waals surface area (Å²) in [5.41, 5.74) is 0.319. The Morgan fingerprint density at radius 3 is 2.28 bits per heavy atom. The third-order valence-corrected chi connectivity index (χ3v) is 5.16. The van der Waals surface area contributed by atoms with E-state index in [1.54, 1.807) is 12.1 Å². The average Bonchev–Trinajstić information content (AvgIpc) is 2.80. The van der Waals surface area contributed by atoms with Gasteiger partial charge in [0.25, 0.3) is 5.91 Å². The first-order valence-corrected chi connectivity index (χ1v) is 9.70. The Balaban J connectivity index is 2.03. The molecule has 0 radical (unpaired) electrons. The van der Waals surface area contributed by atoms with E-state index in [0.29, 0.717) is 10.6 Å². The maximum Gasteiger partial charge on any atom is 0.253 e. The predicted octanol–water partition coefficient (Wildman–Crippen LogP) is 4.59. The SMILES string of the molecule is CC(C)[C@@H](NC(=O)c1ccc(Cl)cc1Cl)C(=O)NC1CCCCCC1. The van der Waals surface area contributed by atoms with E-state index in [2.05, 4.69) is 10.6 Å². The lowest BCUT2D eigenvalue weighted by molar-refractivity contribution is -0.124. The van der Waals surface area contributed by atoms with Crippen molar-refractivity contribution in [2.45, 2.75) is 64.5 Å². The van der Waals surface area contributed by atoms with Gasteiger partial charge in [0.05, 0.1) is 10.6 Å². The van der Waals surface area contributed by atoms with Gasteiger partial charge in [0.2, 0.25) is 5.91 Å². The number of carbonyl (C=O) groups is 2. The van der Waals surface area contributed by atoms with Gasteiger partial charge in [-0.15, -0.1) is 0 Å². The average molecular weight is 385 g/mol. The van der Waals surface area contributed by atoms with Crippen LogP contribution in [0.3, 0.4) is 0 Å². The molecule has 0 bridgehead atoms. The predicted molar refractivity (Wildman–Crippen MR) is 102 cm³/mol. The van der Waals surface area contributed by atoms with Crippen molar-refractivity contribution in [3.8, 4) is 0 Å². The molecule has 1 fully saturated rings. The summed E-state index contributed by atoms with van der Waals surface area (Å²) in [4.78, 5) is 25.2. The number of halogens is 2. The highest BCUT2D eigenvalue weighted by atomic mass is 35.5. The van der Waals surface area contributed by atoms with Crippen LogP contribution in [0.1, 0.15) is 62.7 Å². The fourth-order valence-corrected chi connectivity index (χ4v) is 3.64. The number of carbonyl (C=O) groups excluding carboxylic acids is 2. The number of hydrogen-bond donors (Lipinski definition) is 2. The maximum atomic E-state index is 12.7. The van der Waals surface area contributed by atoms with Crippen LogP contribution in [-0.4, -0.2) is 23.9 Å². The summed E-state index contributed by atoms with van der Waals surface area (Å²) in [5, 5.41) is 6.67. The van der Waals surface area contributed by atoms with E-state index in [0.717, 1.165) is 25.7 Å². The number of amides is 2. The van der Waals surface area contributed by atoms with Crippen molar-refractivity contribution in [2.24, 2.45) is 5.92 Å². The second-order valence-corrected chi connectivity index (χ2v) is 7.86. The van der Waals surface area contributed by atoms with E-state index >= 15 is 0 Å². The van der Waals surface area contributed by atoms with Crippen molar-refractivity contribution >= 4 is 35.0 Å². The lowest BCUT2D eigenvalue weighted by atomic mass is 10.0. The van der Waals surface area contributed by atoms with Gasteiger partial charge in [-0.25, -0.2) is 0 Å². The minimum Gasteiger partial charge on any atom is -0.352 e. The molecule has 1 saturated carbocycles. The molecule has 1 aromatic rings. The standard InChI is InChI=1S/C19H26Cl2N2O2/c1-12(2)17(19(25)22-14-7-5-3-4-6-8-14)23-18(24)15-10-9-13(20)11-16(15)21/h9-12,14,17H,3-8H2,1-2H3,(H,22,25)(H,23,24)/t17-/m1/s1. The summed E-state index contributed by atoms with van der Waals surface area (Å²) in [6.07, 6.45) is 6.76. The Kier molecular flexibility index (Phi) is 7.57. The van der Waals surface area contributed by atoms with Crippen molar-refractivity contribution in [2.75, 3.05) is 0 Å². The minimum absolute atomic E-state index is 0.0270. The van der Waals surface area contributed by atoms with E-state index < -0.39 is 6.04 Å². The summed E-state index contributed by atoms with van der Waals surface area (Å²) in [5.74, 6) is -0.516. The first-order valence-electron chi connectivity index (χ1n) is 8.94. The van der Waals surface area contributed by atoms with E-state index in [1.807, 2.05) is 13.8 Å². The van der Waals surface area contributed by atoms with Gasteiger partial charge in [0.15, 0.2) is 0 Å². The molecule has 6 heteroatoms. The van der Waals surface area contributed by atoms with Crippen LogP contribution in [0.15, 0.2) is 18.2 Å². The van der Waals surface area contributed by atoms with E-state index in [-0.39, 0.29) is 28.8 Å². The zero-order valence-corrected chi connectivity index (χ0v) is 16.3. The number of rotatable bonds is 5. The quantitative estimate of drug-likeness (QED) is 0.729. The fraction of sp³-hybridized carbons (Fsp3) is 0.579. The highest BCUT2D eigenvalue weighted by Crippen LogP contribution is 2.21. The van der Waals surface area contributed by atoms with Gasteiger partial charge in [0, 0.05) is 11.1 Å². The zero-order valence-electron chi connectivity index (χ0n) is 14.8. The molecule has 25 heavy (non-hydrogen) atoms. The van der Waals surface area contributed by atoms with Crippen LogP contribution in [0.4, 0.5) is 0 Å². The lowest BCUT2D eigenvalue weighted by Gasteiger charge is -2.25. The summed E-state index contributed by atoms with van der Waals surface area (Å²) in [6, 6.07) is 4.31. The Labute approximate surface area is 159 Å². The first-order chi connectivity index (χ1) is 11.9. The molecule has 0 spiro atoms. The van der Waals surface area contributed by atoms with Crippen molar-refractivity contribution in [1.82, 2.24) is 10.6 Å². The number of nitrogens with one attached hydrogen (secondary N) is 2. The molecule has 4 nitrogen and oxygen atoms in total. The summed E-state index contributed by atoms with van der Waals surface area (Å²) >= 11 is 12.0. The molecule has 0 heterocycles. The highest BCUT2D eigenvalue weighted by molar-refractivity contribution is 6.36. The molecule has 1 atom stereocenters. The van der Waals surface area contributed by atoms with Gasteiger partial charge in [-0.3, -0.25) is 9.59 Å². The van der Waals surface area contributed by atoms with Crippen LogP contribution in [-0.2, 0) is 4.79 Å². The smallest absolute Gasteiger partial charge is 0.253 e. The van der Waals surface area contributed by atoms with Crippen LogP contribution in [0, 0.1) is 5.92 Å². The second-order valence-electron chi connectivity index (χ2n) is 7.02. The minimum atomic E-state index is -0.595. The molecular weight excluding hydrogens is 359 g/mol. The summed E-state index contributed by atoms with van der Waals surface area (Å²) in [7, 11) is 0. The Bertz CT molecular complexity index is 611. The Hall–Kier alpha value is -1.26. The van der Waals surface area contributed by atoms with Gasteiger partial charge in [-0.1, -0.05) is 62.7 Å². The highest BCUT2D eigenvalue weighted by Gasteiger charge is 2.27. The molecule has 0 saturated heterocycles. The van der Waals surface area contributed by atoms with Crippen LogP contribution in [0.5, 0.6) is 0 Å². The van der Waals surface area contributed by atoms with Gasteiger partial charge in [0.1, 0.15) is 6.04 Å². The van der Waals surface area contributed by atoms with Crippen LogP contribution < -0.4 is 10.6 Å². The number of benzene rings is 1. The molecule has 2 rings (SSSR count). The molecule has 2 amide bonds. The molecule has 0 aliphatic heterocycles. The molecule has 1 aliphatic rings. The zero-order chi connectivity index (χ0) is 18.4. The van der Waals surface area contributed by atoms with E-state index in [4.69, 9.17) is 23.2 Å². The molecule has 1 aliphatic carbocycles. The fourth-order valence-electron chi connectivity index (χ4n) is 3.14. The molecule has 138 valence electrons. The largest absolute Gasteiger partial charge is 0.352 e. The van der Waals surface area contributed by atoms with E-state index in [9.17, 15) is 9.59 Å². The summed E-state index contributed by atoms with van der Waals surface area (Å²) < 4.78 is 0. The van der Waals surface area contributed by atoms with Gasteiger partial charge >= 0.3 is 0 Å². The molecule has 0 aromatic heterocycles. The van der Waals surface area contributed by atoms with Gasteiger partial charge in [-0.2, -0.15) is 0 Å².